The van der Waals surface area contributed by atoms with Crippen LogP contribution in [0.2, 0.25) is 0 Å². The van der Waals surface area contributed by atoms with E-state index >= 15 is 0 Å². The van der Waals surface area contributed by atoms with Crippen molar-refractivity contribution in [3.8, 4) is 5.75 Å². The molecule has 0 bridgehead atoms. The van der Waals surface area contributed by atoms with Gasteiger partial charge in [-0.05, 0) is 31.0 Å². The lowest BCUT2D eigenvalue weighted by molar-refractivity contribution is -0.141. The number of carbonyl (C=O) groups excluding carboxylic acids is 1. The summed E-state index contributed by atoms with van der Waals surface area (Å²) in [4.78, 5) is 12.7. The average Bonchev–Trinajstić information content (AvgIpc) is 2.98. The highest BCUT2D eigenvalue weighted by atomic mass is 19.1. The monoisotopic (exact) mass is 308 g/mol. The first kappa shape index (κ1) is 15.2. The number of benzene rings is 1. The van der Waals surface area contributed by atoms with Gasteiger partial charge >= 0.3 is 0 Å². The lowest BCUT2D eigenvalue weighted by Gasteiger charge is -2.36. The molecule has 0 saturated carbocycles. The van der Waals surface area contributed by atoms with E-state index in [4.69, 9.17) is 9.47 Å². The minimum absolute atomic E-state index is 0.0764. The van der Waals surface area contributed by atoms with Crippen LogP contribution in [0.15, 0.2) is 18.2 Å². The van der Waals surface area contributed by atoms with Crippen molar-refractivity contribution in [2.45, 2.75) is 13.0 Å². The summed E-state index contributed by atoms with van der Waals surface area (Å²) in [5.41, 5.74) is -0.162. The fourth-order valence-corrected chi connectivity index (χ4v) is 3.41. The molecule has 0 aliphatic carbocycles. The SMILES string of the molecule is COc1cccc(F)c1CNC(=O)[C@]12CNC[C@H]1CCOC2. The van der Waals surface area contributed by atoms with Gasteiger partial charge < -0.3 is 20.1 Å². The largest absolute Gasteiger partial charge is 0.496 e. The van der Waals surface area contributed by atoms with Gasteiger partial charge in [-0.2, -0.15) is 0 Å². The molecule has 6 heteroatoms. The van der Waals surface area contributed by atoms with Crippen LogP contribution >= 0.6 is 0 Å². The second-order valence-corrected chi connectivity index (χ2v) is 5.93. The number of amides is 1. The van der Waals surface area contributed by atoms with Gasteiger partial charge in [0.05, 0.1) is 19.1 Å². The first-order chi connectivity index (χ1) is 10.7. The number of hydrogen-bond donors (Lipinski definition) is 2. The smallest absolute Gasteiger partial charge is 0.230 e. The van der Waals surface area contributed by atoms with Gasteiger partial charge in [0.1, 0.15) is 11.6 Å². The zero-order valence-electron chi connectivity index (χ0n) is 12.7. The normalized spacial score (nSPS) is 27.3. The van der Waals surface area contributed by atoms with Gasteiger partial charge in [0, 0.05) is 25.3 Å². The van der Waals surface area contributed by atoms with Crippen molar-refractivity contribution in [2.24, 2.45) is 11.3 Å². The molecular formula is C16H21FN2O3. The van der Waals surface area contributed by atoms with E-state index in [1.807, 2.05) is 0 Å². The standard InChI is InChI=1S/C16H21FN2O3/c1-21-14-4-2-3-13(17)12(14)8-19-15(20)16-9-18-7-11(16)5-6-22-10-16/h2-4,11,18H,5-10H2,1H3,(H,19,20)/t11-,16+/m1/s1. The molecule has 2 atom stereocenters. The topological polar surface area (TPSA) is 59.6 Å². The van der Waals surface area contributed by atoms with Crippen LogP contribution in [-0.2, 0) is 16.1 Å². The molecular weight excluding hydrogens is 287 g/mol. The Morgan fingerprint density at radius 1 is 1.59 bits per heavy atom. The minimum atomic E-state index is -0.531. The second-order valence-electron chi connectivity index (χ2n) is 5.93. The zero-order chi connectivity index (χ0) is 15.6. The molecule has 2 saturated heterocycles. The molecule has 1 aromatic rings. The zero-order valence-corrected chi connectivity index (χ0v) is 12.7. The summed E-state index contributed by atoms with van der Waals surface area (Å²) in [5, 5.41) is 6.15. The van der Waals surface area contributed by atoms with Crippen molar-refractivity contribution in [2.75, 3.05) is 33.4 Å². The Hall–Kier alpha value is -1.66. The van der Waals surface area contributed by atoms with E-state index in [2.05, 4.69) is 10.6 Å². The van der Waals surface area contributed by atoms with E-state index in [-0.39, 0.29) is 24.2 Å². The van der Waals surface area contributed by atoms with E-state index < -0.39 is 5.41 Å². The van der Waals surface area contributed by atoms with Crippen LogP contribution in [0.25, 0.3) is 0 Å². The number of hydrogen-bond acceptors (Lipinski definition) is 4. The number of nitrogens with one attached hydrogen (secondary N) is 2. The third-order valence-corrected chi connectivity index (χ3v) is 4.76. The summed E-state index contributed by atoms with van der Waals surface area (Å²) in [5.74, 6) is 0.271. The molecule has 120 valence electrons. The highest BCUT2D eigenvalue weighted by molar-refractivity contribution is 5.84. The molecule has 2 fully saturated rings. The van der Waals surface area contributed by atoms with Crippen LogP contribution in [0.4, 0.5) is 4.39 Å². The van der Waals surface area contributed by atoms with E-state index in [9.17, 15) is 9.18 Å². The maximum absolute atomic E-state index is 13.9. The van der Waals surface area contributed by atoms with Crippen molar-refractivity contribution >= 4 is 5.91 Å². The number of halogens is 1. The molecule has 2 aliphatic rings. The average molecular weight is 308 g/mol. The van der Waals surface area contributed by atoms with Gasteiger partial charge in [-0.25, -0.2) is 4.39 Å². The Morgan fingerprint density at radius 2 is 2.45 bits per heavy atom. The maximum atomic E-state index is 13.9. The quantitative estimate of drug-likeness (QED) is 0.874. The lowest BCUT2D eigenvalue weighted by atomic mass is 9.75. The predicted molar refractivity (Wildman–Crippen MR) is 79.0 cm³/mol. The molecule has 2 N–H and O–H groups in total. The first-order valence-corrected chi connectivity index (χ1v) is 7.55. The van der Waals surface area contributed by atoms with E-state index in [1.54, 1.807) is 12.1 Å². The molecule has 1 aromatic carbocycles. The Labute approximate surface area is 129 Å². The lowest BCUT2D eigenvalue weighted by Crippen LogP contribution is -2.51. The summed E-state index contributed by atoms with van der Waals surface area (Å²) in [7, 11) is 1.49. The van der Waals surface area contributed by atoms with Crippen molar-refractivity contribution in [1.82, 2.24) is 10.6 Å². The Bertz CT molecular complexity index is 566. The van der Waals surface area contributed by atoms with Gasteiger partial charge in [0.15, 0.2) is 0 Å². The van der Waals surface area contributed by atoms with Crippen LogP contribution < -0.4 is 15.4 Å². The Kier molecular flexibility index (Phi) is 4.31. The van der Waals surface area contributed by atoms with Crippen LogP contribution in [-0.4, -0.2) is 39.3 Å². The third kappa shape index (κ3) is 2.57. The van der Waals surface area contributed by atoms with Crippen molar-refractivity contribution in [1.29, 1.82) is 0 Å². The number of carbonyl (C=O) groups is 1. The van der Waals surface area contributed by atoms with Gasteiger partial charge in [-0.1, -0.05) is 6.07 Å². The van der Waals surface area contributed by atoms with Crippen LogP contribution in [0.1, 0.15) is 12.0 Å². The fraction of sp³-hybridized carbons (Fsp3) is 0.562. The van der Waals surface area contributed by atoms with Crippen molar-refractivity contribution < 1.29 is 18.7 Å². The molecule has 2 aliphatic heterocycles. The Morgan fingerprint density at radius 3 is 3.27 bits per heavy atom. The number of fused-ring (bicyclic) bond motifs is 1. The summed E-state index contributed by atoms with van der Waals surface area (Å²) < 4.78 is 24.6. The molecule has 5 nitrogen and oxygen atoms in total. The predicted octanol–water partition coefficient (Wildman–Crippen LogP) is 1.08. The molecule has 0 radical (unpaired) electrons. The summed E-state index contributed by atoms with van der Waals surface area (Å²) in [6, 6.07) is 4.64. The maximum Gasteiger partial charge on any atom is 0.230 e. The second kappa shape index (κ2) is 6.22. The number of methoxy groups -OCH3 is 1. The van der Waals surface area contributed by atoms with Gasteiger partial charge in [-0.15, -0.1) is 0 Å². The molecule has 1 amide bonds. The third-order valence-electron chi connectivity index (χ3n) is 4.76. The van der Waals surface area contributed by atoms with E-state index in [0.717, 1.165) is 13.0 Å². The van der Waals surface area contributed by atoms with Gasteiger partial charge in [-0.3, -0.25) is 4.79 Å². The van der Waals surface area contributed by atoms with Crippen LogP contribution in [0, 0.1) is 17.2 Å². The van der Waals surface area contributed by atoms with Crippen LogP contribution in [0.5, 0.6) is 5.75 Å². The summed E-state index contributed by atoms with van der Waals surface area (Å²) >= 11 is 0. The minimum Gasteiger partial charge on any atom is -0.496 e. The number of ether oxygens (including phenoxy) is 2. The van der Waals surface area contributed by atoms with E-state index in [0.29, 0.717) is 31.1 Å². The Balaban J connectivity index is 1.73. The summed E-state index contributed by atoms with van der Waals surface area (Å²) in [6.07, 6.45) is 0.878. The molecule has 0 unspecified atom stereocenters. The highest BCUT2D eigenvalue weighted by Crippen LogP contribution is 2.38. The fourth-order valence-electron chi connectivity index (χ4n) is 3.41. The van der Waals surface area contributed by atoms with E-state index in [1.165, 1.54) is 13.2 Å². The first-order valence-electron chi connectivity index (χ1n) is 7.55. The van der Waals surface area contributed by atoms with Crippen molar-refractivity contribution in [3.05, 3.63) is 29.6 Å². The number of rotatable bonds is 4. The molecule has 0 spiro atoms. The molecule has 3 rings (SSSR count). The van der Waals surface area contributed by atoms with Gasteiger partial charge in [0.2, 0.25) is 5.91 Å². The highest BCUT2D eigenvalue weighted by Gasteiger charge is 2.50. The summed E-state index contributed by atoms with van der Waals surface area (Å²) in [6.45, 7) is 2.67. The van der Waals surface area contributed by atoms with Crippen LogP contribution in [0.3, 0.4) is 0 Å². The molecule has 22 heavy (non-hydrogen) atoms. The molecule has 0 aromatic heterocycles. The molecule has 2 heterocycles. The van der Waals surface area contributed by atoms with Gasteiger partial charge in [0.25, 0.3) is 0 Å². The van der Waals surface area contributed by atoms with Crippen molar-refractivity contribution in [3.63, 3.8) is 0 Å².